The van der Waals surface area contributed by atoms with Crippen molar-refractivity contribution in [3.63, 3.8) is 0 Å². The number of rotatable bonds is 14. The number of nitrogens with zero attached hydrogens (tertiary/aromatic N) is 3. The highest BCUT2D eigenvalue weighted by Gasteiger charge is 2.14. The fourth-order valence-corrected chi connectivity index (χ4v) is 4.00. The zero-order valence-electron chi connectivity index (χ0n) is 20.6. The Balaban J connectivity index is 1.69. The lowest BCUT2D eigenvalue weighted by molar-refractivity contribution is -0.132. The highest BCUT2D eigenvalue weighted by molar-refractivity contribution is 6.30. The Hall–Kier alpha value is -3.56. The topological polar surface area (TPSA) is 88.1 Å². The monoisotopic (exact) mass is 505 g/mol. The van der Waals surface area contributed by atoms with E-state index < -0.39 is 5.97 Å². The van der Waals surface area contributed by atoms with E-state index in [0.29, 0.717) is 22.9 Å². The molecule has 0 amide bonds. The van der Waals surface area contributed by atoms with E-state index in [1.54, 1.807) is 29.1 Å². The third-order valence-corrected chi connectivity index (χ3v) is 6.13. The van der Waals surface area contributed by atoms with Gasteiger partial charge in [-0.25, -0.2) is 9.48 Å². The fraction of sp³-hybridized carbons (Fsp3) is 0.345. The lowest BCUT2D eigenvalue weighted by Gasteiger charge is -2.07. The van der Waals surface area contributed by atoms with Crippen molar-refractivity contribution in [3.05, 3.63) is 70.9 Å². The third kappa shape index (κ3) is 8.00. The zero-order chi connectivity index (χ0) is 25.8. The van der Waals surface area contributed by atoms with Crippen LogP contribution in [0.5, 0.6) is 5.75 Å². The second-order valence-corrected chi connectivity index (χ2v) is 9.11. The molecular formula is C29H32ClN3O3. The zero-order valence-corrected chi connectivity index (χ0v) is 21.4. The number of carboxylic acid groups (broad SMARTS) is 1. The van der Waals surface area contributed by atoms with Crippen LogP contribution in [0.2, 0.25) is 5.02 Å². The first-order chi connectivity index (χ1) is 17.5. The SMILES string of the molecule is CCCCCCCCCCOc1ccc(-c2nn(-c3ccc(Cl)cc3)cc2/C=C(/C#N)C(=O)O)cc1. The Morgan fingerprint density at radius 1 is 1.03 bits per heavy atom. The number of benzene rings is 2. The normalized spacial score (nSPS) is 11.3. The number of aliphatic carboxylic acids is 1. The van der Waals surface area contributed by atoms with Crippen LogP contribution in [0.25, 0.3) is 23.0 Å². The third-order valence-electron chi connectivity index (χ3n) is 5.88. The van der Waals surface area contributed by atoms with Gasteiger partial charge >= 0.3 is 5.97 Å². The Kier molecular flexibility index (Phi) is 10.6. The Labute approximate surface area is 217 Å². The second-order valence-electron chi connectivity index (χ2n) is 8.68. The Morgan fingerprint density at radius 3 is 2.28 bits per heavy atom. The summed E-state index contributed by atoms with van der Waals surface area (Å²) in [6.07, 6.45) is 13.1. The number of aromatic nitrogens is 2. The molecule has 0 saturated carbocycles. The maximum Gasteiger partial charge on any atom is 0.346 e. The fourth-order valence-electron chi connectivity index (χ4n) is 3.88. The minimum Gasteiger partial charge on any atom is -0.494 e. The van der Waals surface area contributed by atoms with Gasteiger partial charge in [0, 0.05) is 22.3 Å². The predicted octanol–water partition coefficient (Wildman–Crippen LogP) is 7.70. The lowest BCUT2D eigenvalue weighted by atomic mass is 10.1. The van der Waals surface area contributed by atoms with E-state index in [2.05, 4.69) is 12.0 Å². The van der Waals surface area contributed by atoms with E-state index in [1.807, 2.05) is 36.4 Å². The quantitative estimate of drug-likeness (QED) is 0.138. The summed E-state index contributed by atoms with van der Waals surface area (Å²) in [6, 6.07) is 16.4. The second kappa shape index (κ2) is 14.1. The van der Waals surface area contributed by atoms with Crippen LogP contribution in [-0.4, -0.2) is 27.5 Å². The molecule has 0 aliphatic heterocycles. The van der Waals surface area contributed by atoms with Crippen molar-refractivity contribution in [3.8, 4) is 28.8 Å². The van der Waals surface area contributed by atoms with Gasteiger partial charge in [0.1, 0.15) is 17.4 Å². The standard InChI is InChI=1S/C29H32ClN3O3/c1-2-3-4-5-6-7-8-9-18-36-27-16-10-22(11-17-27)28-24(19-23(20-31)29(34)35)21-33(32-28)26-14-12-25(30)13-15-26/h10-17,19,21H,2-9,18H2,1H3,(H,34,35)/b23-19-. The summed E-state index contributed by atoms with van der Waals surface area (Å²) in [5, 5.41) is 23.8. The highest BCUT2D eigenvalue weighted by atomic mass is 35.5. The van der Waals surface area contributed by atoms with Crippen LogP contribution in [0.1, 0.15) is 63.9 Å². The first-order valence-electron chi connectivity index (χ1n) is 12.5. The number of carbonyl (C=O) groups is 1. The Bertz CT molecular complexity index is 1190. The Morgan fingerprint density at radius 2 is 1.67 bits per heavy atom. The summed E-state index contributed by atoms with van der Waals surface area (Å²) in [7, 11) is 0. The van der Waals surface area contributed by atoms with Crippen LogP contribution >= 0.6 is 11.6 Å². The van der Waals surface area contributed by atoms with E-state index >= 15 is 0 Å². The van der Waals surface area contributed by atoms with Crippen molar-refractivity contribution in [2.45, 2.75) is 58.3 Å². The molecule has 188 valence electrons. The van der Waals surface area contributed by atoms with Gasteiger partial charge < -0.3 is 9.84 Å². The van der Waals surface area contributed by atoms with Crippen LogP contribution in [0.4, 0.5) is 0 Å². The van der Waals surface area contributed by atoms with Gasteiger partial charge in [0.2, 0.25) is 0 Å². The van der Waals surface area contributed by atoms with Crippen molar-refractivity contribution in [1.82, 2.24) is 9.78 Å². The summed E-state index contributed by atoms with van der Waals surface area (Å²) in [6.45, 7) is 2.91. The van der Waals surface area contributed by atoms with E-state index in [-0.39, 0.29) is 5.57 Å². The van der Waals surface area contributed by atoms with Gasteiger partial charge in [-0.3, -0.25) is 0 Å². The molecule has 36 heavy (non-hydrogen) atoms. The molecule has 2 aromatic carbocycles. The van der Waals surface area contributed by atoms with Crippen molar-refractivity contribution < 1.29 is 14.6 Å². The van der Waals surface area contributed by atoms with Crippen molar-refractivity contribution in [2.24, 2.45) is 0 Å². The van der Waals surface area contributed by atoms with Crippen molar-refractivity contribution >= 4 is 23.6 Å². The maximum atomic E-state index is 11.4. The number of hydrogen-bond acceptors (Lipinski definition) is 4. The van der Waals surface area contributed by atoms with Gasteiger partial charge in [0.05, 0.1) is 18.0 Å². The molecule has 1 N–H and O–H groups in total. The van der Waals surface area contributed by atoms with Gasteiger partial charge in [-0.1, -0.05) is 63.5 Å². The van der Waals surface area contributed by atoms with Gasteiger partial charge in [0.25, 0.3) is 0 Å². The first kappa shape index (κ1) is 27.0. The van der Waals surface area contributed by atoms with Crippen LogP contribution in [-0.2, 0) is 4.79 Å². The molecule has 7 heteroatoms. The molecule has 0 atom stereocenters. The van der Waals surface area contributed by atoms with Gasteiger partial charge in [0.15, 0.2) is 0 Å². The minimum absolute atomic E-state index is 0.364. The molecule has 3 rings (SSSR count). The maximum absolute atomic E-state index is 11.4. The average Bonchev–Trinajstić information content (AvgIpc) is 3.30. The summed E-state index contributed by atoms with van der Waals surface area (Å²) in [5.74, 6) is -0.508. The summed E-state index contributed by atoms with van der Waals surface area (Å²) < 4.78 is 7.54. The molecule has 0 bridgehead atoms. The molecule has 1 aromatic heterocycles. The molecule has 0 saturated heterocycles. The van der Waals surface area contributed by atoms with E-state index in [1.165, 1.54) is 51.0 Å². The molecule has 0 radical (unpaired) electrons. The number of nitriles is 1. The van der Waals surface area contributed by atoms with Crippen molar-refractivity contribution in [1.29, 1.82) is 5.26 Å². The van der Waals surface area contributed by atoms with Crippen LogP contribution < -0.4 is 4.74 Å². The average molecular weight is 506 g/mol. The molecule has 0 aliphatic carbocycles. The number of carboxylic acids is 1. The first-order valence-corrected chi connectivity index (χ1v) is 12.8. The van der Waals surface area contributed by atoms with E-state index in [0.717, 1.165) is 23.4 Å². The number of hydrogen-bond donors (Lipinski definition) is 1. The van der Waals surface area contributed by atoms with Crippen LogP contribution in [0.3, 0.4) is 0 Å². The molecule has 6 nitrogen and oxygen atoms in total. The lowest BCUT2D eigenvalue weighted by Crippen LogP contribution is -1.98. The molecule has 3 aromatic rings. The number of halogens is 1. The van der Waals surface area contributed by atoms with Crippen LogP contribution in [0.15, 0.2) is 60.3 Å². The van der Waals surface area contributed by atoms with Gasteiger partial charge in [-0.15, -0.1) is 0 Å². The van der Waals surface area contributed by atoms with Gasteiger partial charge in [-0.2, -0.15) is 10.4 Å². The minimum atomic E-state index is -1.28. The van der Waals surface area contributed by atoms with Gasteiger partial charge in [-0.05, 0) is 61.0 Å². The van der Waals surface area contributed by atoms with E-state index in [4.69, 9.17) is 16.3 Å². The molecule has 1 heterocycles. The largest absolute Gasteiger partial charge is 0.494 e. The smallest absolute Gasteiger partial charge is 0.346 e. The summed E-state index contributed by atoms with van der Waals surface area (Å²) in [4.78, 5) is 11.4. The number of ether oxygens (including phenoxy) is 1. The molecule has 0 fully saturated rings. The molecule has 0 spiro atoms. The molecule has 0 unspecified atom stereocenters. The molecule has 0 aliphatic rings. The van der Waals surface area contributed by atoms with Crippen LogP contribution in [0, 0.1) is 11.3 Å². The molecular weight excluding hydrogens is 474 g/mol. The number of unbranched alkanes of at least 4 members (excludes halogenated alkanes) is 7. The predicted molar refractivity (Wildman–Crippen MR) is 143 cm³/mol. The summed E-state index contributed by atoms with van der Waals surface area (Å²) >= 11 is 6.00. The summed E-state index contributed by atoms with van der Waals surface area (Å²) in [5.41, 5.74) is 2.28. The van der Waals surface area contributed by atoms with Crippen molar-refractivity contribution in [2.75, 3.05) is 6.61 Å². The van der Waals surface area contributed by atoms with E-state index in [9.17, 15) is 15.2 Å². The highest BCUT2D eigenvalue weighted by Crippen LogP contribution is 2.28.